The minimum Gasteiger partial charge on any atom is -0.306 e. The summed E-state index contributed by atoms with van der Waals surface area (Å²) in [5, 5.41) is 4.15. The highest BCUT2D eigenvalue weighted by Gasteiger charge is 2.47. The SMILES string of the molecule is O=c1[nH]c2cscc2c(=O)n1CCN1CC2CC(c3ccc(F)cc3)C2C1. The highest BCUT2D eigenvalue weighted by molar-refractivity contribution is 7.09. The van der Waals surface area contributed by atoms with E-state index in [0.29, 0.717) is 41.7 Å². The van der Waals surface area contributed by atoms with E-state index >= 15 is 0 Å². The summed E-state index contributed by atoms with van der Waals surface area (Å²) in [4.78, 5) is 29.9. The van der Waals surface area contributed by atoms with Crippen molar-refractivity contribution in [3.8, 4) is 0 Å². The Morgan fingerprint density at radius 2 is 1.93 bits per heavy atom. The van der Waals surface area contributed by atoms with E-state index in [-0.39, 0.29) is 17.1 Å². The van der Waals surface area contributed by atoms with E-state index < -0.39 is 0 Å². The molecule has 5 nitrogen and oxygen atoms in total. The van der Waals surface area contributed by atoms with Gasteiger partial charge >= 0.3 is 5.69 Å². The second-order valence-corrected chi connectivity index (χ2v) is 8.41. The normalized spacial score (nSPS) is 24.9. The second kappa shape index (κ2) is 6.42. The predicted molar refractivity (Wildman–Crippen MR) is 104 cm³/mol. The van der Waals surface area contributed by atoms with Crippen molar-refractivity contribution in [2.45, 2.75) is 18.9 Å². The molecule has 7 heteroatoms. The molecule has 2 aromatic heterocycles. The molecule has 1 aliphatic heterocycles. The van der Waals surface area contributed by atoms with Crippen molar-refractivity contribution in [3.63, 3.8) is 0 Å². The molecule has 27 heavy (non-hydrogen) atoms. The standard InChI is InChI=1S/C20H20FN3O2S/c21-14-3-1-12(2-4-14)15-7-13-8-23(9-16(13)15)5-6-24-19(25)17-10-27-11-18(17)22-20(24)26/h1-4,10-11,13,15-16H,5-9H2,(H,22,26). The van der Waals surface area contributed by atoms with Crippen LogP contribution in [0.4, 0.5) is 4.39 Å². The number of H-pyrrole nitrogens is 1. The summed E-state index contributed by atoms with van der Waals surface area (Å²) >= 11 is 1.42. The molecule has 0 radical (unpaired) electrons. The fourth-order valence-electron chi connectivity index (χ4n) is 4.70. The summed E-state index contributed by atoms with van der Waals surface area (Å²) in [5.41, 5.74) is 1.29. The van der Waals surface area contributed by atoms with Gasteiger partial charge in [-0.1, -0.05) is 12.1 Å². The van der Waals surface area contributed by atoms with Gasteiger partial charge in [-0.3, -0.25) is 9.36 Å². The third-order valence-electron chi connectivity index (χ3n) is 6.20. The molecular formula is C20H20FN3O2S. The third-order valence-corrected chi connectivity index (χ3v) is 6.95. The molecule has 0 bridgehead atoms. The molecule has 3 heterocycles. The predicted octanol–water partition coefficient (Wildman–Crippen LogP) is 2.63. The molecular weight excluding hydrogens is 365 g/mol. The monoisotopic (exact) mass is 385 g/mol. The topological polar surface area (TPSA) is 58.1 Å². The molecule has 1 aliphatic carbocycles. The Labute approximate surface area is 159 Å². The van der Waals surface area contributed by atoms with Crippen LogP contribution in [0, 0.1) is 17.7 Å². The molecule has 0 spiro atoms. The maximum absolute atomic E-state index is 13.1. The molecule has 1 saturated heterocycles. The minimum absolute atomic E-state index is 0.194. The average Bonchev–Trinajstić information content (AvgIpc) is 3.22. The summed E-state index contributed by atoms with van der Waals surface area (Å²) < 4.78 is 14.5. The van der Waals surface area contributed by atoms with Crippen LogP contribution in [0.15, 0.2) is 44.6 Å². The van der Waals surface area contributed by atoms with E-state index in [1.807, 2.05) is 12.1 Å². The Balaban J connectivity index is 1.27. The van der Waals surface area contributed by atoms with Crippen LogP contribution in [0.1, 0.15) is 17.9 Å². The number of nitrogens with zero attached hydrogens (tertiary/aromatic N) is 2. The Morgan fingerprint density at radius 1 is 1.11 bits per heavy atom. The maximum Gasteiger partial charge on any atom is 0.328 e. The molecule has 0 amide bonds. The van der Waals surface area contributed by atoms with Gasteiger partial charge in [0.1, 0.15) is 5.82 Å². The van der Waals surface area contributed by atoms with Crippen molar-refractivity contribution in [1.82, 2.24) is 14.5 Å². The van der Waals surface area contributed by atoms with Gasteiger partial charge in [0.05, 0.1) is 10.9 Å². The van der Waals surface area contributed by atoms with E-state index in [2.05, 4.69) is 9.88 Å². The van der Waals surface area contributed by atoms with E-state index in [9.17, 15) is 14.0 Å². The van der Waals surface area contributed by atoms with Gasteiger partial charge in [-0.05, 0) is 41.9 Å². The van der Waals surface area contributed by atoms with Crippen LogP contribution in [-0.4, -0.2) is 34.1 Å². The fourth-order valence-corrected chi connectivity index (χ4v) is 5.45. The number of thiophene rings is 1. The highest BCUT2D eigenvalue weighted by atomic mass is 32.1. The number of rotatable bonds is 4. The molecule has 2 aliphatic rings. The van der Waals surface area contributed by atoms with Crippen LogP contribution >= 0.6 is 11.3 Å². The van der Waals surface area contributed by atoms with Gasteiger partial charge in [0.15, 0.2) is 0 Å². The van der Waals surface area contributed by atoms with Crippen molar-refractivity contribution in [2.75, 3.05) is 19.6 Å². The van der Waals surface area contributed by atoms with Crippen LogP contribution in [0.3, 0.4) is 0 Å². The van der Waals surface area contributed by atoms with Gasteiger partial charge in [-0.15, -0.1) is 11.3 Å². The first-order valence-electron chi connectivity index (χ1n) is 9.27. The number of aromatic nitrogens is 2. The van der Waals surface area contributed by atoms with Gasteiger partial charge < -0.3 is 9.88 Å². The Bertz CT molecular complexity index is 1100. The fraction of sp³-hybridized carbons (Fsp3) is 0.400. The first-order chi connectivity index (χ1) is 13.1. The Hall–Kier alpha value is -2.25. The molecule has 3 aromatic rings. The zero-order chi connectivity index (χ0) is 18.5. The molecule has 140 valence electrons. The number of hydrogen-bond acceptors (Lipinski definition) is 4. The number of benzene rings is 1. The highest BCUT2D eigenvalue weighted by Crippen LogP contribution is 2.51. The summed E-state index contributed by atoms with van der Waals surface area (Å²) in [7, 11) is 0. The lowest BCUT2D eigenvalue weighted by molar-refractivity contribution is 0.191. The van der Waals surface area contributed by atoms with Gasteiger partial charge in [0.2, 0.25) is 0 Å². The largest absolute Gasteiger partial charge is 0.328 e. The Morgan fingerprint density at radius 3 is 2.74 bits per heavy atom. The average molecular weight is 385 g/mol. The number of aromatic amines is 1. The summed E-state index contributed by atoms with van der Waals surface area (Å²) in [5.74, 6) is 1.55. The number of likely N-dealkylation sites (tertiary alicyclic amines) is 1. The number of nitrogens with one attached hydrogen (secondary N) is 1. The molecule has 5 rings (SSSR count). The zero-order valence-electron chi connectivity index (χ0n) is 14.7. The van der Waals surface area contributed by atoms with Crippen molar-refractivity contribution in [1.29, 1.82) is 0 Å². The van der Waals surface area contributed by atoms with E-state index in [4.69, 9.17) is 0 Å². The first-order valence-corrected chi connectivity index (χ1v) is 10.2. The van der Waals surface area contributed by atoms with Crippen LogP contribution in [0.2, 0.25) is 0 Å². The van der Waals surface area contributed by atoms with Gasteiger partial charge in [0.25, 0.3) is 5.56 Å². The quantitative estimate of drug-likeness (QED) is 0.751. The Kier molecular flexibility index (Phi) is 4.02. The van der Waals surface area contributed by atoms with Crippen LogP contribution in [0.25, 0.3) is 10.9 Å². The summed E-state index contributed by atoms with van der Waals surface area (Å²) in [6, 6.07) is 6.87. The lowest BCUT2D eigenvalue weighted by atomic mass is 9.64. The smallest absolute Gasteiger partial charge is 0.306 e. The maximum atomic E-state index is 13.1. The van der Waals surface area contributed by atoms with E-state index in [1.165, 1.54) is 33.6 Å². The molecule has 1 saturated carbocycles. The molecule has 1 N–H and O–H groups in total. The van der Waals surface area contributed by atoms with Gasteiger partial charge in [-0.2, -0.15) is 0 Å². The summed E-state index contributed by atoms with van der Waals surface area (Å²) in [6.07, 6.45) is 1.13. The van der Waals surface area contributed by atoms with Crippen LogP contribution in [0.5, 0.6) is 0 Å². The first kappa shape index (κ1) is 16.9. The lowest BCUT2D eigenvalue weighted by Gasteiger charge is -2.40. The number of hydrogen-bond donors (Lipinski definition) is 1. The third kappa shape index (κ3) is 2.85. The van der Waals surface area contributed by atoms with Crippen molar-refractivity contribution >= 4 is 22.2 Å². The molecule has 3 atom stereocenters. The van der Waals surface area contributed by atoms with Gasteiger partial charge in [0, 0.05) is 36.9 Å². The van der Waals surface area contributed by atoms with Crippen LogP contribution < -0.4 is 11.2 Å². The van der Waals surface area contributed by atoms with Crippen LogP contribution in [-0.2, 0) is 6.54 Å². The summed E-state index contributed by atoms with van der Waals surface area (Å²) in [6.45, 7) is 3.08. The lowest BCUT2D eigenvalue weighted by Crippen LogP contribution is -2.38. The molecule has 2 fully saturated rings. The van der Waals surface area contributed by atoms with E-state index in [0.717, 1.165) is 19.5 Å². The van der Waals surface area contributed by atoms with Crippen molar-refractivity contribution < 1.29 is 4.39 Å². The molecule has 3 unspecified atom stereocenters. The molecule has 1 aromatic carbocycles. The number of halogens is 1. The minimum atomic E-state index is -0.336. The second-order valence-electron chi connectivity index (χ2n) is 7.66. The van der Waals surface area contributed by atoms with Gasteiger partial charge in [-0.25, -0.2) is 9.18 Å². The van der Waals surface area contributed by atoms with Crippen molar-refractivity contribution in [3.05, 3.63) is 67.2 Å². The van der Waals surface area contributed by atoms with E-state index in [1.54, 1.807) is 10.8 Å². The van der Waals surface area contributed by atoms with Crippen molar-refractivity contribution in [2.24, 2.45) is 11.8 Å². The number of fused-ring (bicyclic) bond motifs is 2. The zero-order valence-corrected chi connectivity index (χ0v) is 15.5.